The number of rotatable bonds is 10. The van der Waals surface area contributed by atoms with Gasteiger partial charge in [-0.25, -0.2) is 0 Å². The molecule has 0 radical (unpaired) electrons. The molecule has 7 aromatic carbocycles. The Balaban J connectivity index is 1.53. The van der Waals surface area contributed by atoms with Crippen LogP contribution in [0.2, 0.25) is 0 Å². The molecule has 0 unspecified atom stereocenters. The molecule has 9 rings (SSSR count). The number of ether oxygens (including phenoxy) is 2. The van der Waals surface area contributed by atoms with E-state index in [1.165, 1.54) is 32.7 Å². The third-order valence-corrected chi connectivity index (χ3v) is 10.2. The van der Waals surface area contributed by atoms with E-state index in [-0.39, 0.29) is 13.2 Å². The second-order valence-corrected chi connectivity index (χ2v) is 13.4. The predicted molar refractivity (Wildman–Crippen MR) is 223 cm³/mol. The molecule has 258 valence electrons. The molecule has 0 atom stereocenters. The molecule has 0 aliphatic rings. The van der Waals surface area contributed by atoms with Crippen LogP contribution < -0.4 is 9.47 Å². The maximum atomic E-state index is 6.06. The Morgan fingerprint density at radius 3 is 1.28 bits per heavy atom. The number of fused-ring (bicyclic) bond motifs is 6. The third-order valence-electron chi connectivity index (χ3n) is 10.2. The van der Waals surface area contributed by atoms with Crippen molar-refractivity contribution < 1.29 is 9.47 Å². The van der Waals surface area contributed by atoms with Crippen molar-refractivity contribution in [2.75, 3.05) is 13.2 Å². The number of nitrogens with zero attached hydrogens (tertiary/aromatic N) is 2. The minimum Gasteiger partial charge on any atom is -0.481 e. The zero-order valence-corrected chi connectivity index (χ0v) is 29.7. The van der Waals surface area contributed by atoms with E-state index in [4.69, 9.17) is 22.3 Å². The monoisotopic (exact) mass is 696 g/mol. The summed E-state index contributed by atoms with van der Waals surface area (Å²) in [5.74, 6) is 6.72. The summed E-state index contributed by atoms with van der Waals surface area (Å²) in [6.45, 7) is 1.75. The molecule has 0 aliphatic heterocycles. The summed E-state index contributed by atoms with van der Waals surface area (Å²) in [5.41, 5.74) is 11.4. The van der Waals surface area contributed by atoms with Crippen LogP contribution in [-0.2, 0) is 13.1 Å². The zero-order valence-electron chi connectivity index (χ0n) is 29.7. The number of hydrogen-bond acceptors (Lipinski definition) is 2. The lowest BCUT2D eigenvalue weighted by molar-refractivity contribution is 0.370. The van der Waals surface area contributed by atoms with Crippen molar-refractivity contribution in [2.24, 2.45) is 0 Å². The van der Waals surface area contributed by atoms with E-state index in [0.717, 1.165) is 55.8 Å². The number of hydrogen-bond donors (Lipinski definition) is 0. The molecule has 4 nitrogen and oxygen atoms in total. The number of aromatic nitrogens is 2. The Labute approximate surface area is 314 Å². The number of para-hydroxylation sites is 2. The van der Waals surface area contributed by atoms with Crippen molar-refractivity contribution in [3.63, 3.8) is 0 Å². The summed E-state index contributed by atoms with van der Waals surface area (Å²) in [4.78, 5) is 0. The van der Waals surface area contributed by atoms with Gasteiger partial charge in [-0.1, -0.05) is 133 Å². The third kappa shape index (κ3) is 5.72. The predicted octanol–water partition coefficient (Wildman–Crippen LogP) is 11.4. The fourth-order valence-corrected chi connectivity index (χ4v) is 8.02. The average Bonchev–Trinajstić information content (AvgIpc) is 3.72. The molecule has 0 bridgehead atoms. The van der Waals surface area contributed by atoms with Crippen LogP contribution in [0.1, 0.15) is 11.1 Å². The highest BCUT2D eigenvalue weighted by atomic mass is 16.5. The Bertz CT molecular complexity index is 2700. The quantitative estimate of drug-likeness (QED) is 0.133. The molecule has 54 heavy (non-hydrogen) atoms. The van der Waals surface area contributed by atoms with E-state index in [0.29, 0.717) is 13.1 Å². The molecule has 9 aromatic rings. The normalized spacial score (nSPS) is 11.2. The molecule has 0 aliphatic carbocycles. The Morgan fingerprint density at radius 2 is 0.852 bits per heavy atom. The zero-order chi connectivity index (χ0) is 36.4. The summed E-state index contributed by atoms with van der Waals surface area (Å²) in [7, 11) is 0. The van der Waals surface area contributed by atoms with E-state index in [1.54, 1.807) is 0 Å². The van der Waals surface area contributed by atoms with Gasteiger partial charge in [0, 0.05) is 56.8 Å². The van der Waals surface area contributed by atoms with Gasteiger partial charge in [0.2, 0.25) is 0 Å². The van der Waals surface area contributed by atoms with Gasteiger partial charge in [0.1, 0.15) is 24.7 Å². The van der Waals surface area contributed by atoms with E-state index >= 15 is 0 Å². The summed E-state index contributed by atoms with van der Waals surface area (Å²) in [6, 6.07) is 55.7. The van der Waals surface area contributed by atoms with Crippen LogP contribution in [0.4, 0.5) is 0 Å². The molecule has 0 fully saturated rings. The first-order valence-electron chi connectivity index (χ1n) is 18.1. The van der Waals surface area contributed by atoms with Crippen LogP contribution in [0.5, 0.6) is 11.5 Å². The maximum Gasteiger partial charge on any atom is 0.148 e. The van der Waals surface area contributed by atoms with E-state index in [9.17, 15) is 0 Å². The van der Waals surface area contributed by atoms with Crippen LogP contribution in [-0.4, -0.2) is 22.3 Å². The molecule has 4 heteroatoms. The molecular formula is C50H36N2O2. The van der Waals surface area contributed by atoms with Gasteiger partial charge in [0.15, 0.2) is 0 Å². The highest BCUT2D eigenvalue weighted by molar-refractivity contribution is 6.32. The molecular weight excluding hydrogens is 661 g/mol. The van der Waals surface area contributed by atoms with Gasteiger partial charge in [-0.05, 0) is 58.7 Å². The SMILES string of the molecule is C#CCOc1cccc(-c2c3c4ccccc4n(Cc4ccccc4)c3c(-c3cccc(OCC#C)c3)c3c4ccccc4n(Cc4ccccc4)c23)c1. The fourth-order valence-electron chi connectivity index (χ4n) is 8.02. The van der Waals surface area contributed by atoms with E-state index in [1.807, 2.05) is 12.1 Å². The van der Waals surface area contributed by atoms with Gasteiger partial charge >= 0.3 is 0 Å². The van der Waals surface area contributed by atoms with Crippen molar-refractivity contribution in [3.05, 3.63) is 169 Å². The second kappa shape index (κ2) is 14.1. The second-order valence-electron chi connectivity index (χ2n) is 13.4. The highest BCUT2D eigenvalue weighted by Crippen LogP contribution is 2.51. The maximum absolute atomic E-state index is 6.06. The van der Waals surface area contributed by atoms with Crippen LogP contribution >= 0.6 is 0 Å². The van der Waals surface area contributed by atoms with Crippen molar-refractivity contribution in [1.82, 2.24) is 9.13 Å². The molecule has 0 saturated heterocycles. The minimum absolute atomic E-state index is 0.190. The van der Waals surface area contributed by atoms with Crippen molar-refractivity contribution >= 4 is 43.6 Å². The average molecular weight is 697 g/mol. The Morgan fingerprint density at radius 1 is 0.444 bits per heavy atom. The largest absolute Gasteiger partial charge is 0.481 e. The lowest BCUT2D eigenvalue weighted by Gasteiger charge is -2.19. The van der Waals surface area contributed by atoms with Crippen molar-refractivity contribution in [2.45, 2.75) is 13.1 Å². The Hall–Kier alpha value is -7.14. The fraction of sp³-hybridized carbons (Fsp3) is 0.0800. The van der Waals surface area contributed by atoms with Gasteiger partial charge in [-0.15, -0.1) is 12.8 Å². The van der Waals surface area contributed by atoms with Crippen molar-refractivity contribution in [3.8, 4) is 58.4 Å². The van der Waals surface area contributed by atoms with Crippen LogP contribution in [0.25, 0.3) is 65.9 Å². The first kappa shape index (κ1) is 32.7. The number of benzene rings is 7. The summed E-state index contributed by atoms with van der Waals surface area (Å²) >= 11 is 0. The topological polar surface area (TPSA) is 28.3 Å². The lowest BCUT2D eigenvalue weighted by Crippen LogP contribution is -2.03. The molecule has 0 N–H and O–H groups in total. The standard InChI is InChI=1S/C50H36N2O2/c1-3-29-53-39-23-15-21-37(31-39)45-47-41-25-11-13-27-43(41)52(34-36-19-9-6-10-20-36)50(47)46(38-22-16-24-40(32-38)54-30-4-2)48-42-26-12-14-28-44(42)51(49(45)48)33-35-17-7-5-8-18-35/h1-2,5-28,31-32H,29-30,33-34H2. The highest BCUT2D eigenvalue weighted by Gasteiger charge is 2.28. The summed E-state index contributed by atoms with van der Waals surface area (Å²) in [5, 5.41) is 4.69. The first-order valence-corrected chi connectivity index (χ1v) is 18.1. The van der Waals surface area contributed by atoms with Crippen LogP contribution in [0, 0.1) is 24.7 Å². The van der Waals surface area contributed by atoms with Gasteiger partial charge in [-0.3, -0.25) is 0 Å². The van der Waals surface area contributed by atoms with E-state index in [2.05, 4.69) is 167 Å². The number of terminal acetylenes is 2. The van der Waals surface area contributed by atoms with E-state index < -0.39 is 0 Å². The lowest BCUT2D eigenvalue weighted by atomic mass is 9.89. The molecule has 0 spiro atoms. The molecule has 2 heterocycles. The van der Waals surface area contributed by atoms with Crippen LogP contribution in [0.3, 0.4) is 0 Å². The van der Waals surface area contributed by atoms with Crippen molar-refractivity contribution in [1.29, 1.82) is 0 Å². The summed E-state index contributed by atoms with van der Waals surface area (Å²) in [6.07, 6.45) is 11.3. The van der Waals surface area contributed by atoms with Crippen LogP contribution in [0.15, 0.2) is 158 Å². The Kier molecular flexibility index (Phi) is 8.56. The molecule has 0 saturated carbocycles. The molecule has 2 aromatic heterocycles. The van der Waals surface area contributed by atoms with Gasteiger partial charge in [0.25, 0.3) is 0 Å². The smallest absolute Gasteiger partial charge is 0.148 e. The first-order chi connectivity index (χ1) is 26.7. The van der Waals surface area contributed by atoms with Gasteiger partial charge in [0.05, 0.1) is 11.0 Å². The minimum atomic E-state index is 0.190. The van der Waals surface area contributed by atoms with Gasteiger partial charge < -0.3 is 18.6 Å². The molecule has 0 amide bonds. The summed E-state index contributed by atoms with van der Waals surface area (Å²) < 4.78 is 17.1. The van der Waals surface area contributed by atoms with Gasteiger partial charge in [-0.2, -0.15) is 0 Å².